The first-order chi connectivity index (χ1) is 9.28. The number of aromatic nitrogens is 1. The van der Waals surface area contributed by atoms with Crippen LogP contribution in [0.1, 0.15) is 37.7 Å². The van der Waals surface area contributed by atoms with E-state index in [2.05, 4.69) is 10.8 Å². The van der Waals surface area contributed by atoms with Crippen LogP contribution in [0, 0.1) is 5.92 Å². The number of aliphatic hydroxyl groups excluding tert-OH is 1. The van der Waals surface area contributed by atoms with Gasteiger partial charge < -0.3 is 9.67 Å². The van der Waals surface area contributed by atoms with Crippen LogP contribution >= 0.6 is 11.6 Å². The third-order valence-electron chi connectivity index (χ3n) is 4.28. The lowest BCUT2D eigenvalue weighted by atomic mass is 9.89. The molecule has 1 aliphatic carbocycles. The number of hydrogen-bond donors (Lipinski definition) is 1. The van der Waals surface area contributed by atoms with Crippen LogP contribution in [0.4, 0.5) is 0 Å². The molecule has 19 heavy (non-hydrogen) atoms. The van der Waals surface area contributed by atoms with Gasteiger partial charge in [0.2, 0.25) is 0 Å². The van der Waals surface area contributed by atoms with E-state index in [-0.39, 0.29) is 6.61 Å². The number of fused-ring (bicyclic) bond motifs is 1. The van der Waals surface area contributed by atoms with Gasteiger partial charge in [0.25, 0.3) is 0 Å². The number of aliphatic hydroxyl groups is 1. The summed E-state index contributed by atoms with van der Waals surface area (Å²) in [5, 5.41) is 11.4. The normalized spacial score (nSPS) is 17.2. The highest BCUT2D eigenvalue weighted by atomic mass is 35.5. The smallest absolute Gasteiger partial charge is 0.0702 e. The molecule has 1 N–H and O–H groups in total. The molecule has 0 bridgehead atoms. The van der Waals surface area contributed by atoms with Gasteiger partial charge in [-0.3, -0.25) is 0 Å². The minimum atomic E-state index is 0.0931. The molecule has 0 saturated heterocycles. The van der Waals surface area contributed by atoms with E-state index in [1.165, 1.54) is 32.1 Å². The molecule has 0 amide bonds. The Balaban J connectivity index is 1.95. The molecule has 1 aromatic heterocycles. The number of halogens is 1. The zero-order valence-electron chi connectivity index (χ0n) is 11.1. The molecule has 0 radical (unpaired) electrons. The summed E-state index contributed by atoms with van der Waals surface area (Å²) in [6.45, 7) is 1.15. The van der Waals surface area contributed by atoms with Crippen LogP contribution in [-0.4, -0.2) is 9.67 Å². The van der Waals surface area contributed by atoms with Crippen LogP contribution in [0.25, 0.3) is 10.9 Å². The summed E-state index contributed by atoms with van der Waals surface area (Å²) < 4.78 is 2.28. The Morgan fingerprint density at radius 3 is 2.74 bits per heavy atom. The summed E-state index contributed by atoms with van der Waals surface area (Å²) >= 11 is 6.11. The predicted molar refractivity (Wildman–Crippen MR) is 79.4 cm³/mol. The van der Waals surface area contributed by atoms with Crippen molar-refractivity contribution in [2.75, 3.05) is 0 Å². The van der Waals surface area contributed by atoms with Crippen LogP contribution in [0.3, 0.4) is 0 Å². The van der Waals surface area contributed by atoms with E-state index in [1.807, 2.05) is 18.2 Å². The number of hydrogen-bond acceptors (Lipinski definition) is 1. The number of benzene rings is 1. The zero-order valence-corrected chi connectivity index (χ0v) is 11.9. The van der Waals surface area contributed by atoms with Crippen molar-refractivity contribution in [3.05, 3.63) is 35.0 Å². The lowest BCUT2D eigenvalue weighted by Crippen LogP contribution is -2.13. The van der Waals surface area contributed by atoms with Crippen molar-refractivity contribution in [3.63, 3.8) is 0 Å². The molecule has 1 aromatic carbocycles. The van der Waals surface area contributed by atoms with Gasteiger partial charge in [-0.15, -0.1) is 0 Å². The van der Waals surface area contributed by atoms with E-state index >= 15 is 0 Å². The minimum absolute atomic E-state index is 0.0931. The lowest BCUT2D eigenvalue weighted by Gasteiger charge is -2.22. The van der Waals surface area contributed by atoms with E-state index in [4.69, 9.17) is 11.6 Å². The van der Waals surface area contributed by atoms with Gasteiger partial charge in [0, 0.05) is 34.2 Å². The van der Waals surface area contributed by atoms with E-state index < -0.39 is 0 Å². The maximum absolute atomic E-state index is 9.48. The van der Waals surface area contributed by atoms with Gasteiger partial charge >= 0.3 is 0 Å². The summed E-state index contributed by atoms with van der Waals surface area (Å²) in [4.78, 5) is 0. The first-order valence-electron chi connectivity index (χ1n) is 7.16. The number of rotatable bonds is 3. The second kappa shape index (κ2) is 5.56. The fourth-order valence-electron chi connectivity index (χ4n) is 3.27. The first-order valence-corrected chi connectivity index (χ1v) is 7.54. The first kappa shape index (κ1) is 13.0. The van der Waals surface area contributed by atoms with Crippen LogP contribution in [0.2, 0.25) is 5.02 Å². The summed E-state index contributed by atoms with van der Waals surface area (Å²) in [6.07, 6.45) is 8.85. The van der Waals surface area contributed by atoms with Gasteiger partial charge in [-0.05, 0) is 30.9 Å². The van der Waals surface area contributed by atoms with Crippen molar-refractivity contribution < 1.29 is 5.11 Å². The molecule has 2 aromatic rings. The van der Waals surface area contributed by atoms with Crippen LogP contribution in [0.5, 0.6) is 0 Å². The average molecular weight is 278 g/mol. The van der Waals surface area contributed by atoms with Crippen molar-refractivity contribution >= 4 is 22.5 Å². The fraction of sp³-hybridized carbons (Fsp3) is 0.500. The predicted octanol–water partition coefficient (Wildman–Crippen LogP) is 4.37. The largest absolute Gasteiger partial charge is 0.392 e. The highest BCUT2D eigenvalue weighted by Crippen LogP contribution is 2.29. The molecule has 1 saturated carbocycles. The van der Waals surface area contributed by atoms with Gasteiger partial charge in [0.15, 0.2) is 0 Å². The molecule has 1 aliphatic rings. The van der Waals surface area contributed by atoms with Gasteiger partial charge in [-0.25, -0.2) is 0 Å². The SMILES string of the molecule is OCc1cn(CC2CCCCC2)c2cc(Cl)ccc12. The molecule has 3 heteroatoms. The van der Waals surface area contributed by atoms with Crippen molar-refractivity contribution in [2.45, 2.75) is 45.3 Å². The van der Waals surface area contributed by atoms with Crippen molar-refractivity contribution in [3.8, 4) is 0 Å². The molecule has 102 valence electrons. The Morgan fingerprint density at radius 1 is 1.21 bits per heavy atom. The molecule has 0 spiro atoms. The second-order valence-electron chi connectivity index (χ2n) is 5.63. The van der Waals surface area contributed by atoms with Gasteiger partial charge in [-0.1, -0.05) is 36.9 Å². The Kier molecular flexibility index (Phi) is 3.81. The standard InChI is InChI=1S/C16H20ClNO/c17-14-6-7-15-13(11-19)10-18(16(15)8-14)9-12-4-2-1-3-5-12/h6-8,10,12,19H,1-5,9,11H2. The molecule has 1 heterocycles. The topological polar surface area (TPSA) is 25.2 Å². The Hall–Kier alpha value is -0.990. The monoisotopic (exact) mass is 277 g/mol. The second-order valence-corrected chi connectivity index (χ2v) is 6.07. The van der Waals surface area contributed by atoms with Crippen LogP contribution < -0.4 is 0 Å². The van der Waals surface area contributed by atoms with E-state index in [1.54, 1.807) is 0 Å². The Bertz CT molecular complexity index is 569. The third kappa shape index (κ3) is 2.65. The highest BCUT2D eigenvalue weighted by molar-refractivity contribution is 6.31. The zero-order chi connectivity index (χ0) is 13.2. The molecule has 3 rings (SSSR count). The van der Waals surface area contributed by atoms with Crippen molar-refractivity contribution in [2.24, 2.45) is 5.92 Å². The maximum atomic E-state index is 9.48. The average Bonchev–Trinajstić information content (AvgIpc) is 2.77. The van der Waals surface area contributed by atoms with Crippen LogP contribution in [0.15, 0.2) is 24.4 Å². The molecule has 0 aliphatic heterocycles. The van der Waals surface area contributed by atoms with Crippen LogP contribution in [-0.2, 0) is 13.2 Å². The highest BCUT2D eigenvalue weighted by Gasteiger charge is 2.16. The van der Waals surface area contributed by atoms with Gasteiger partial charge in [-0.2, -0.15) is 0 Å². The Morgan fingerprint density at radius 2 is 2.00 bits per heavy atom. The number of nitrogens with zero attached hydrogens (tertiary/aromatic N) is 1. The molecule has 2 nitrogen and oxygen atoms in total. The fourth-order valence-corrected chi connectivity index (χ4v) is 3.43. The van der Waals surface area contributed by atoms with E-state index in [0.29, 0.717) is 0 Å². The van der Waals surface area contributed by atoms with Gasteiger partial charge in [0.05, 0.1) is 6.61 Å². The molecule has 1 fully saturated rings. The maximum Gasteiger partial charge on any atom is 0.0702 e. The summed E-state index contributed by atoms with van der Waals surface area (Å²) in [7, 11) is 0. The third-order valence-corrected chi connectivity index (χ3v) is 4.51. The lowest BCUT2D eigenvalue weighted by molar-refractivity contribution is 0.282. The Labute approximate surface area is 119 Å². The van der Waals surface area contributed by atoms with E-state index in [9.17, 15) is 5.11 Å². The quantitative estimate of drug-likeness (QED) is 0.886. The van der Waals surface area contributed by atoms with E-state index in [0.717, 1.165) is 34.0 Å². The van der Waals surface area contributed by atoms with Crippen molar-refractivity contribution in [1.29, 1.82) is 0 Å². The van der Waals surface area contributed by atoms with Crippen molar-refractivity contribution in [1.82, 2.24) is 4.57 Å². The van der Waals surface area contributed by atoms with Gasteiger partial charge in [0.1, 0.15) is 0 Å². The molecular weight excluding hydrogens is 258 g/mol. The molecule has 0 unspecified atom stereocenters. The molecule has 0 atom stereocenters. The summed E-state index contributed by atoms with van der Waals surface area (Å²) in [5.74, 6) is 0.773. The summed E-state index contributed by atoms with van der Waals surface area (Å²) in [5.41, 5.74) is 2.16. The summed E-state index contributed by atoms with van der Waals surface area (Å²) in [6, 6.07) is 5.92. The minimum Gasteiger partial charge on any atom is -0.392 e. The molecular formula is C16H20ClNO.